The summed E-state index contributed by atoms with van der Waals surface area (Å²) >= 11 is 0. The summed E-state index contributed by atoms with van der Waals surface area (Å²) in [5.74, 6) is 0. The largest absolute Gasteiger partial charge is 0.363 e. The summed E-state index contributed by atoms with van der Waals surface area (Å²) in [6.45, 7) is 6.89. The molecule has 0 radical (unpaired) electrons. The van der Waals surface area contributed by atoms with Gasteiger partial charge in [-0.15, -0.1) is 0 Å². The molecule has 0 aromatic heterocycles. The lowest BCUT2D eigenvalue weighted by Crippen LogP contribution is -2.50. The zero-order valence-corrected chi connectivity index (χ0v) is 12.5. The first kappa shape index (κ1) is 15.3. The second kappa shape index (κ2) is 6.55. The molecule has 0 spiro atoms. The Balaban J connectivity index is 2.14. The minimum Gasteiger partial charge on any atom is -0.363 e. The number of nitrogens with zero attached hydrogens (tertiary/aromatic N) is 4. The normalized spacial score (nSPS) is 17.3. The molecule has 0 amide bonds. The summed E-state index contributed by atoms with van der Waals surface area (Å²) in [6, 6.07) is 7.46. The van der Waals surface area contributed by atoms with E-state index in [9.17, 15) is 10.1 Å². The number of anilines is 1. The highest BCUT2D eigenvalue weighted by Gasteiger charge is 2.26. The minimum absolute atomic E-state index is 0.0559. The Hall–Kier alpha value is -2.13. The molecule has 112 valence electrons. The van der Waals surface area contributed by atoms with Crippen LogP contribution in [0.4, 0.5) is 11.4 Å². The van der Waals surface area contributed by atoms with Crippen LogP contribution in [0.3, 0.4) is 0 Å². The number of aryl methyl sites for hydroxylation is 1. The number of nitro groups is 1. The van der Waals surface area contributed by atoms with Crippen LogP contribution in [-0.4, -0.2) is 42.0 Å². The summed E-state index contributed by atoms with van der Waals surface area (Å²) in [5.41, 5.74) is 1.85. The molecule has 1 aromatic rings. The van der Waals surface area contributed by atoms with Crippen LogP contribution in [0.25, 0.3) is 0 Å². The zero-order valence-electron chi connectivity index (χ0n) is 12.5. The van der Waals surface area contributed by atoms with Gasteiger partial charge in [0.25, 0.3) is 5.69 Å². The third kappa shape index (κ3) is 3.31. The third-order valence-electron chi connectivity index (χ3n) is 3.96. The van der Waals surface area contributed by atoms with Crippen LogP contribution >= 0.6 is 0 Å². The maximum Gasteiger partial charge on any atom is 0.292 e. The summed E-state index contributed by atoms with van der Waals surface area (Å²) in [4.78, 5) is 15.0. The van der Waals surface area contributed by atoms with Gasteiger partial charge in [0.2, 0.25) is 0 Å². The molecule has 1 atom stereocenters. The van der Waals surface area contributed by atoms with Gasteiger partial charge < -0.3 is 4.90 Å². The van der Waals surface area contributed by atoms with Crippen LogP contribution in [0.15, 0.2) is 18.2 Å². The highest BCUT2D eigenvalue weighted by atomic mass is 16.6. The lowest BCUT2D eigenvalue weighted by Gasteiger charge is -2.37. The monoisotopic (exact) mass is 288 g/mol. The molecule has 21 heavy (non-hydrogen) atoms. The number of hydrogen-bond donors (Lipinski definition) is 0. The van der Waals surface area contributed by atoms with Gasteiger partial charge in [-0.05, 0) is 25.0 Å². The smallest absolute Gasteiger partial charge is 0.292 e. The molecule has 1 heterocycles. The van der Waals surface area contributed by atoms with Crippen LogP contribution < -0.4 is 4.90 Å². The van der Waals surface area contributed by atoms with Crippen LogP contribution in [0, 0.1) is 28.4 Å². The van der Waals surface area contributed by atoms with E-state index in [1.165, 1.54) is 0 Å². The molecule has 2 rings (SSSR count). The average molecular weight is 288 g/mol. The highest BCUT2D eigenvalue weighted by Crippen LogP contribution is 2.30. The Kier molecular flexibility index (Phi) is 4.76. The molecule has 0 saturated carbocycles. The van der Waals surface area contributed by atoms with Crippen molar-refractivity contribution in [2.75, 3.05) is 31.1 Å². The van der Waals surface area contributed by atoms with Crippen molar-refractivity contribution in [3.63, 3.8) is 0 Å². The second-order valence-corrected chi connectivity index (χ2v) is 5.33. The van der Waals surface area contributed by atoms with Crippen molar-refractivity contribution in [3.8, 4) is 6.07 Å². The van der Waals surface area contributed by atoms with Gasteiger partial charge in [-0.1, -0.05) is 13.0 Å². The van der Waals surface area contributed by atoms with E-state index in [1.54, 1.807) is 12.1 Å². The maximum atomic E-state index is 11.2. The fourth-order valence-corrected chi connectivity index (χ4v) is 2.75. The van der Waals surface area contributed by atoms with Gasteiger partial charge in [0, 0.05) is 32.2 Å². The summed E-state index contributed by atoms with van der Waals surface area (Å²) in [5, 5.41) is 20.3. The number of benzene rings is 1. The molecular formula is C15H20N4O2. The van der Waals surface area contributed by atoms with Crippen LogP contribution in [0.1, 0.15) is 18.9 Å². The molecular weight excluding hydrogens is 268 g/mol. The fourth-order valence-electron chi connectivity index (χ4n) is 2.75. The molecule has 1 fully saturated rings. The molecule has 6 heteroatoms. The van der Waals surface area contributed by atoms with Crippen molar-refractivity contribution in [2.24, 2.45) is 0 Å². The van der Waals surface area contributed by atoms with Crippen molar-refractivity contribution in [3.05, 3.63) is 33.9 Å². The van der Waals surface area contributed by atoms with E-state index in [4.69, 9.17) is 5.26 Å². The summed E-state index contributed by atoms with van der Waals surface area (Å²) in [7, 11) is 0. The summed E-state index contributed by atoms with van der Waals surface area (Å²) in [6.07, 6.45) is 0.807. The SMILES string of the molecule is CCC(C#N)N1CCN(c2cc(C)ccc2[N+](=O)[O-])CC1. The number of rotatable bonds is 4. The van der Waals surface area contributed by atoms with Crippen LogP contribution in [0.5, 0.6) is 0 Å². The predicted molar refractivity (Wildman–Crippen MR) is 81.3 cm³/mol. The molecule has 0 bridgehead atoms. The first-order chi connectivity index (χ1) is 10.1. The number of nitriles is 1. The molecule has 0 aliphatic carbocycles. The quantitative estimate of drug-likeness (QED) is 0.628. The Labute approximate surface area is 124 Å². The number of piperazine rings is 1. The molecule has 1 aromatic carbocycles. The molecule has 0 N–H and O–H groups in total. The topological polar surface area (TPSA) is 73.4 Å². The van der Waals surface area contributed by atoms with Crippen molar-refractivity contribution in [2.45, 2.75) is 26.3 Å². The van der Waals surface area contributed by atoms with Crippen molar-refractivity contribution in [1.82, 2.24) is 4.90 Å². The average Bonchev–Trinajstić information content (AvgIpc) is 2.49. The van der Waals surface area contributed by atoms with Crippen LogP contribution in [-0.2, 0) is 0 Å². The third-order valence-corrected chi connectivity index (χ3v) is 3.96. The van der Waals surface area contributed by atoms with Crippen LogP contribution in [0.2, 0.25) is 0 Å². The van der Waals surface area contributed by atoms with Gasteiger partial charge in [0.1, 0.15) is 5.69 Å². The first-order valence-electron chi connectivity index (χ1n) is 7.20. The van der Waals surface area contributed by atoms with Gasteiger partial charge in [-0.25, -0.2) is 0 Å². The van der Waals surface area contributed by atoms with Crippen molar-refractivity contribution in [1.29, 1.82) is 5.26 Å². The van der Waals surface area contributed by atoms with Gasteiger partial charge >= 0.3 is 0 Å². The van der Waals surface area contributed by atoms with E-state index in [0.29, 0.717) is 18.8 Å². The zero-order chi connectivity index (χ0) is 15.4. The van der Waals surface area contributed by atoms with E-state index in [-0.39, 0.29) is 16.7 Å². The van der Waals surface area contributed by atoms with Gasteiger partial charge in [0.05, 0.1) is 17.0 Å². The second-order valence-electron chi connectivity index (χ2n) is 5.33. The van der Waals surface area contributed by atoms with Crippen molar-refractivity contribution < 1.29 is 4.92 Å². The van der Waals surface area contributed by atoms with Crippen molar-refractivity contribution >= 4 is 11.4 Å². The minimum atomic E-state index is -0.328. The number of nitro benzene ring substituents is 1. The molecule has 1 aliphatic heterocycles. The van der Waals surface area contributed by atoms with Gasteiger partial charge in [-0.3, -0.25) is 15.0 Å². The fraction of sp³-hybridized carbons (Fsp3) is 0.533. The molecule has 1 saturated heterocycles. The van der Waals surface area contributed by atoms with E-state index < -0.39 is 0 Å². The van der Waals surface area contributed by atoms with Gasteiger partial charge in [-0.2, -0.15) is 5.26 Å². The standard InChI is InChI=1S/C15H20N4O2/c1-3-13(11-16)17-6-8-18(9-7-17)15-10-12(2)4-5-14(15)19(20)21/h4-5,10,13H,3,6-9H2,1-2H3. The highest BCUT2D eigenvalue weighted by molar-refractivity contribution is 5.64. The van der Waals surface area contributed by atoms with E-state index >= 15 is 0 Å². The first-order valence-corrected chi connectivity index (χ1v) is 7.20. The maximum absolute atomic E-state index is 11.2. The molecule has 1 unspecified atom stereocenters. The Morgan fingerprint density at radius 3 is 2.57 bits per heavy atom. The van der Waals surface area contributed by atoms with E-state index in [0.717, 1.165) is 25.1 Å². The Bertz CT molecular complexity index is 559. The Morgan fingerprint density at radius 1 is 1.38 bits per heavy atom. The lowest BCUT2D eigenvalue weighted by molar-refractivity contribution is -0.384. The predicted octanol–water partition coefficient (Wildman–Crippen LogP) is 2.33. The van der Waals surface area contributed by atoms with E-state index in [1.807, 2.05) is 24.8 Å². The lowest BCUT2D eigenvalue weighted by atomic mass is 10.1. The van der Waals surface area contributed by atoms with Gasteiger partial charge in [0.15, 0.2) is 0 Å². The summed E-state index contributed by atoms with van der Waals surface area (Å²) < 4.78 is 0. The van der Waals surface area contributed by atoms with E-state index in [2.05, 4.69) is 11.0 Å². The molecule has 6 nitrogen and oxygen atoms in total. The number of hydrogen-bond acceptors (Lipinski definition) is 5. The Morgan fingerprint density at radius 2 is 2.05 bits per heavy atom. The molecule has 1 aliphatic rings.